The number of hydrogen-bond donors (Lipinski definition) is 2. The molecule has 0 saturated heterocycles. The Morgan fingerprint density at radius 2 is 2.05 bits per heavy atom. The Kier molecular flexibility index (Phi) is 2.66. The van der Waals surface area contributed by atoms with Crippen LogP contribution in [-0.2, 0) is 5.54 Å². The van der Waals surface area contributed by atoms with E-state index in [1.54, 1.807) is 6.20 Å². The third-order valence-electron chi connectivity index (χ3n) is 4.69. The molecule has 0 unspecified atom stereocenters. The molecular formula is C14H19N5O. The van der Waals surface area contributed by atoms with Crippen molar-refractivity contribution >= 4 is 0 Å². The number of imidazole rings is 1. The molecular weight excluding hydrogens is 254 g/mol. The van der Waals surface area contributed by atoms with Crippen molar-refractivity contribution in [1.82, 2.24) is 20.1 Å². The SMILES string of the molecule is NC1(c2ncc(-c3nc(C4CCCC4)no3)[nH]2)CCC1. The van der Waals surface area contributed by atoms with Crippen LogP contribution in [0.25, 0.3) is 11.6 Å². The van der Waals surface area contributed by atoms with E-state index in [9.17, 15) is 0 Å². The molecule has 106 valence electrons. The van der Waals surface area contributed by atoms with Crippen LogP contribution in [0.2, 0.25) is 0 Å². The standard InChI is InChI=1S/C14H19N5O/c15-14(6-3-7-14)13-16-8-10(17-13)12-18-11(19-20-12)9-4-1-2-5-9/h8-9H,1-7,15H2,(H,16,17). The molecule has 2 saturated carbocycles. The molecule has 0 spiro atoms. The van der Waals surface area contributed by atoms with Gasteiger partial charge in [-0.2, -0.15) is 4.98 Å². The summed E-state index contributed by atoms with van der Waals surface area (Å²) in [6.45, 7) is 0. The summed E-state index contributed by atoms with van der Waals surface area (Å²) in [5, 5.41) is 4.12. The van der Waals surface area contributed by atoms with Gasteiger partial charge in [0, 0.05) is 5.92 Å². The van der Waals surface area contributed by atoms with Gasteiger partial charge in [0.05, 0.1) is 11.7 Å². The van der Waals surface area contributed by atoms with E-state index in [1.807, 2.05) is 0 Å². The molecule has 0 radical (unpaired) electrons. The summed E-state index contributed by atoms with van der Waals surface area (Å²) >= 11 is 0. The van der Waals surface area contributed by atoms with Crippen molar-refractivity contribution in [3.63, 3.8) is 0 Å². The van der Waals surface area contributed by atoms with Gasteiger partial charge in [0.15, 0.2) is 5.82 Å². The second-order valence-corrected chi connectivity index (χ2v) is 6.09. The highest BCUT2D eigenvalue weighted by atomic mass is 16.5. The second kappa shape index (κ2) is 4.41. The highest BCUT2D eigenvalue weighted by Gasteiger charge is 2.37. The molecule has 2 aromatic rings. The first-order valence-corrected chi connectivity index (χ1v) is 7.43. The van der Waals surface area contributed by atoms with E-state index in [2.05, 4.69) is 20.1 Å². The predicted molar refractivity (Wildman–Crippen MR) is 72.8 cm³/mol. The first kappa shape index (κ1) is 12.1. The van der Waals surface area contributed by atoms with Crippen LogP contribution in [0.15, 0.2) is 10.7 Å². The molecule has 0 bridgehead atoms. The number of aromatic nitrogens is 4. The maximum atomic E-state index is 6.26. The van der Waals surface area contributed by atoms with Crippen LogP contribution in [0, 0.1) is 0 Å². The molecule has 3 N–H and O–H groups in total. The van der Waals surface area contributed by atoms with E-state index in [0.717, 1.165) is 30.2 Å². The van der Waals surface area contributed by atoms with Gasteiger partial charge in [-0.05, 0) is 32.1 Å². The quantitative estimate of drug-likeness (QED) is 0.895. The third kappa shape index (κ3) is 1.86. The van der Waals surface area contributed by atoms with Crippen LogP contribution < -0.4 is 5.73 Å². The summed E-state index contributed by atoms with van der Waals surface area (Å²) in [4.78, 5) is 12.1. The fraction of sp³-hybridized carbons (Fsp3) is 0.643. The van der Waals surface area contributed by atoms with Gasteiger partial charge in [-0.15, -0.1) is 0 Å². The fourth-order valence-electron chi connectivity index (χ4n) is 3.17. The molecule has 4 rings (SSSR count). The summed E-state index contributed by atoms with van der Waals surface area (Å²) in [6, 6.07) is 0. The Morgan fingerprint density at radius 3 is 2.75 bits per heavy atom. The van der Waals surface area contributed by atoms with Gasteiger partial charge >= 0.3 is 0 Å². The molecule has 2 aliphatic rings. The normalized spacial score (nSPS) is 22.1. The van der Waals surface area contributed by atoms with Gasteiger partial charge in [0.1, 0.15) is 11.5 Å². The topological polar surface area (TPSA) is 93.6 Å². The van der Waals surface area contributed by atoms with Crippen molar-refractivity contribution < 1.29 is 4.52 Å². The lowest BCUT2D eigenvalue weighted by Gasteiger charge is -2.35. The number of aromatic amines is 1. The van der Waals surface area contributed by atoms with Gasteiger partial charge in [-0.25, -0.2) is 4.98 Å². The average Bonchev–Trinajstić information content (AvgIpc) is 3.13. The lowest BCUT2D eigenvalue weighted by Crippen LogP contribution is -2.44. The number of nitrogens with one attached hydrogen (secondary N) is 1. The molecule has 0 amide bonds. The number of H-pyrrole nitrogens is 1. The van der Waals surface area contributed by atoms with Gasteiger partial charge in [0.25, 0.3) is 5.89 Å². The highest BCUT2D eigenvalue weighted by Crippen LogP contribution is 2.38. The first-order chi connectivity index (χ1) is 9.74. The molecule has 0 atom stereocenters. The third-order valence-corrected chi connectivity index (χ3v) is 4.69. The zero-order chi connectivity index (χ0) is 13.6. The van der Waals surface area contributed by atoms with E-state index in [1.165, 1.54) is 32.1 Å². The lowest BCUT2D eigenvalue weighted by molar-refractivity contribution is 0.240. The van der Waals surface area contributed by atoms with E-state index >= 15 is 0 Å². The molecule has 6 nitrogen and oxygen atoms in total. The van der Waals surface area contributed by atoms with Crippen LogP contribution in [0.5, 0.6) is 0 Å². The fourth-order valence-corrected chi connectivity index (χ4v) is 3.17. The average molecular weight is 273 g/mol. The molecule has 0 aliphatic heterocycles. The zero-order valence-corrected chi connectivity index (χ0v) is 11.4. The van der Waals surface area contributed by atoms with Crippen molar-refractivity contribution in [3.05, 3.63) is 17.8 Å². The van der Waals surface area contributed by atoms with Gasteiger partial charge in [-0.1, -0.05) is 18.0 Å². The van der Waals surface area contributed by atoms with Crippen molar-refractivity contribution in [1.29, 1.82) is 0 Å². The lowest BCUT2D eigenvalue weighted by atomic mass is 9.77. The van der Waals surface area contributed by atoms with Crippen molar-refractivity contribution in [3.8, 4) is 11.6 Å². The first-order valence-electron chi connectivity index (χ1n) is 7.43. The summed E-state index contributed by atoms with van der Waals surface area (Å²) < 4.78 is 5.37. The summed E-state index contributed by atoms with van der Waals surface area (Å²) in [5.74, 6) is 2.65. The molecule has 2 heterocycles. The van der Waals surface area contributed by atoms with E-state index in [4.69, 9.17) is 10.3 Å². The number of rotatable bonds is 3. The minimum atomic E-state index is -0.285. The van der Waals surface area contributed by atoms with Gasteiger partial charge in [-0.3, -0.25) is 0 Å². The minimum absolute atomic E-state index is 0.285. The second-order valence-electron chi connectivity index (χ2n) is 6.09. The molecule has 2 aromatic heterocycles. The van der Waals surface area contributed by atoms with Gasteiger partial charge in [0.2, 0.25) is 0 Å². The molecule has 6 heteroatoms. The van der Waals surface area contributed by atoms with Gasteiger partial charge < -0.3 is 15.2 Å². The number of nitrogens with zero attached hydrogens (tertiary/aromatic N) is 3. The van der Waals surface area contributed by atoms with E-state index < -0.39 is 0 Å². The van der Waals surface area contributed by atoms with Crippen LogP contribution in [0.3, 0.4) is 0 Å². The Balaban J connectivity index is 1.58. The van der Waals surface area contributed by atoms with Crippen molar-refractivity contribution in [2.75, 3.05) is 0 Å². The zero-order valence-electron chi connectivity index (χ0n) is 11.4. The van der Waals surface area contributed by atoms with Crippen molar-refractivity contribution in [2.24, 2.45) is 5.73 Å². The smallest absolute Gasteiger partial charge is 0.275 e. The Labute approximate surface area is 117 Å². The van der Waals surface area contributed by atoms with E-state index in [0.29, 0.717) is 11.8 Å². The maximum Gasteiger partial charge on any atom is 0.275 e. The Bertz CT molecular complexity index is 607. The van der Waals surface area contributed by atoms with Crippen LogP contribution >= 0.6 is 0 Å². The minimum Gasteiger partial charge on any atom is -0.336 e. The summed E-state index contributed by atoms with van der Waals surface area (Å²) in [7, 11) is 0. The molecule has 2 aliphatic carbocycles. The molecule has 20 heavy (non-hydrogen) atoms. The number of hydrogen-bond acceptors (Lipinski definition) is 5. The maximum absolute atomic E-state index is 6.26. The summed E-state index contributed by atoms with van der Waals surface area (Å²) in [5.41, 5.74) is 6.75. The highest BCUT2D eigenvalue weighted by molar-refractivity contribution is 5.45. The molecule has 0 aromatic carbocycles. The monoisotopic (exact) mass is 273 g/mol. The molecule has 2 fully saturated rings. The van der Waals surface area contributed by atoms with Crippen molar-refractivity contribution in [2.45, 2.75) is 56.4 Å². The van der Waals surface area contributed by atoms with Crippen LogP contribution in [-0.4, -0.2) is 20.1 Å². The predicted octanol–water partition coefficient (Wildman–Crippen LogP) is 2.46. The largest absolute Gasteiger partial charge is 0.336 e. The Hall–Kier alpha value is -1.69. The van der Waals surface area contributed by atoms with Crippen LogP contribution in [0.1, 0.15) is 62.5 Å². The summed E-state index contributed by atoms with van der Waals surface area (Å²) in [6.07, 6.45) is 9.73. The number of nitrogens with two attached hydrogens (primary N) is 1. The van der Waals surface area contributed by atoms with E-state index in [-0.39, 0.29) is 5.54 Å². The van der Waals surface area contributed by atoms with Crippen LogP contribution in [0.4, 0.5) is 0 Å². The Morgan fingerprint density at radius 1 is 1.25 bits per heavy atom.